The van der Waals surface area contributed by atoms with E-state index < -0.39 is 6.10 Å². The van der Waals surface area contributed by atoms with Gasteiger partial charge in [-0.05, 0) is 38.0 Å². The summed E-state index contributed by atoms with van der Waals surface area (Å²) in [7, 11) is 1.50. The Bertz CT molecular complexity index is 1060. The van der Waals surface area contributed by atoms with Gasteiger partial charge in [-0.25, -0.2) is 4.79 Å². The number of cyclic esters (lactones) is 1. The Morgan fingerprint density at radius 3 is 2.69 bits per heavy atom. The lowest BCUT2D eigenvalue weighted by molar-refractivity contribution is 0.0705. The summed E-state index contributed by atoms with van der Waals surface area (Å²) in [6.45, 7) is 2.96. The Balaban J connectivity index is 1.45. The zero-order valence-electron chi connectivity index (χ0n) is 18.1. The molecule has 0 radical (unpaired) electrons. The topological polar surface area (TPSA) is 92.1 Å². The van der Waals surface area contributed by atoms with E-state index in [0.717, 1.165) is 11.3 Å². The summed E-state index contributed by atoms with van der Waals surface area (Å²) in [5.74, 6) is 0.725. The number of nitriles is 1. The fraction of sp³-hybridized carbons (Fsp3) is 0.375. The summed E-state index contributed by atoms with van der Waals surface area (Å²) in [5, 5.41) is 8.92. The number of rotatable bonds is 5. The van der Waals surface area contributed by atoms with Gasteiger partial charge in [0.15, 0.2) is 6.10 Å². The first-order valence-corrected chi connectivity index (χ1v) is 10.6. The number of carbonyl (C=O) groups excluding carboxylic acids is 2. The summed E-state index contributed by atoms with van der Waals surface area (Å²) < 4.78 is 16.2. The molecule has 1 unspecified atom stereocenters. The second kappa shape index (κ2) is 9.18. The summed E-state index contributed by atoms with van der Waals surface area (Å²) in [5.41, 5.74) is 2.31. The van der Waals surface area contributed by atoms with Gasteiger partial charge in [0, 0.05) is 30.8 Å². The Hall–Kier alpha value is -3.73. The predicted octanol–water partition coefficient (Wildman–Crippen LogP) is 3.75. The lowest BCUT2D eigenvalue weighted by Gasteiger charge is -2.40. The van der Waals surface area contributed by atoms with Crippen LogP contribution in [0, 0.1) is 11.3 Å². The van der Waals surface area contributed by atoms with Crippen molar-refractivity contribution in [3.8, 4) is 17.6 Å². The van der Waals surface area contributed by atoms with Crippen molar-refractivity contribution in [3.05, 3.63) is 53.6 Å². The maximum atomic E-state index is 13.2. The molecule has 0 spiro atoms. The second-order valence-corrected chi connectivity index (χ2v) is 7.83. The number of nitrogens with zero attached hydrogens (tertiary/aromatic N) is 3. The minimum atomic E-state index is -0.605. The van der Waals surface area contributed by atoms with E-state index in [1.807, 2.05) is 30.3 Å². The molecule has 1 atom stereocenters. The standard InChI is InChI=1S/C24H25N3O5/c1-16(14-25)32-19-7-8-20(22(13-19)30-2)23(28)26-11-9-18(10-12-26)27-21-6-4-3-5-17(21)15-31-24(27)29/h3-8,13,16,18H,9-12,15H2,1-2H3. The molecule has 0 bridgehead atoms. The van der Waals surface area contributed by atoms with Crippen molar-refractivity contribution in [2.75, 3.05) is 25.1 Å². The fourth-order valence-corrected chi connectivity index (χ4v) is 4.17. The first-order valence-electron chi connectivity index (χ1n) is 10.6. The largest absolute Gasteiger partial charge is 0.496 e. The van der Waals surface area contributed by atoms with E-state index >= 15 is 0 Å². The number of hydrogen-bond acceptors (Lipinski definition) is 6. The molecule has 8 nitrogen and oxygen atoms in total. The third-order valence-electron chi connectivity index (χ3n) is 5.81. The van der Waals surface area contributed by atoms with Gasteiger partial charge in [-0.3, -0.25) is 9.69 Å². The van der Waals surface area contributed by atoms with Gasteiger partial charge in [0.05, 0.1) is 18.4 Å². The lowest BCUT2D eigenvalue weighted by atomic mass is 10.00. The lowest BCUT2D eigenvalue weighted by Crippen LogP contribution is -2.50. The van der Waals surface area contributed by atoms with Gasteiger partial charge in [-0.1, -0.05) is 18.2 Å². The number of likely N-dealkylation sites (tertiary alicyclic amines) is 1. The van der Waals surface area contributed by atoms with Crippen molar-refractivity contribution < 1.29 is 23.8 Å². The van der Waals surface area contributed by atoms with Gasteiger partial charge < -0.3 is 19.1 Å². The van der Waals surface area contributed by atoms with E-state index in [1.165, 1.54) is 7.11 Å². The highest BCUT2D eigenvalue weighted by atomic mass is 16.6. The average molecular weight is 435 g/mol. The molecule has 1 fully saturated rings. The van der Waals surface area contributed by atoms with Gasteiger partial charge in [0.1, 0.15) is 24.2 Å². The normalized spacial score (nSPS) is 17.1. The fourth-order valence-electron chi connectivity index (χ4n) is 4.17. The number of anilines is 1. The Labute approximate surface area is 186 Å². The molecule has 0 aromatic heterocycles. The Morgan fingerprint density at radius 2 is 1.97 bits per heavy atom. The van der Waals surface area contributed by atoms with Crippen LogP contribution >= 0.6 is 0 Å². The molecular weight excluding hydrogens is 410 g/mol. The Morgan fingerprint density at radius 1 is 1.22 bits per heavy atom. The SMILES string of the molecule is COc1cc(OC(C)C#N)ccc1C(=O)N1CCC(N2C(=O)OCc3ccccc32)CC1. The number of ether oxygens (including phenoxy) is 3. The van der Waals surface area contributed by atoms with Crippen LogP contribution < -0.4 is 14.4 Å². The van der Waals surface area contributed by atoms with Crippen LogP contribution in [0.2, 0.25) is 0 Å². The number of hydrogen-bond donors (Lipinski definition) is 0. The van der Waals surface area contributed by atoms with Gasteiger partial charge in [-0.15, -0.1) is 0 Å². The summed E-state index contributed by atoms with van der Waals surface area (Å²) in [4.78, 5) is 29.1. The third kappa shape index (κ3) is 4.19. The molecule has 32 heavy (non-hydrogen) atoms. The zero-order chi connectivity index (χ0) is 22.7. The van der Waals surface area contributed by atoms with Gasteiger partial charge in [0.25, 0.3) is 5.91 Å². The smallest absolute Gasteiger partial charge is 0.414 e. The minimum absolute atomic E-state index is 0.0295. The van der Waals surface area contributed by atoms with Crippen molar-refractivity contribution in [2.45, 2.75) is 38.5 Å². The van der Waals surface area contributed by atoms with Crippen LogP contribution in [0.1, 0.15) is 35.7 Å². The monoisotopic (exact) mass is 435 g/mol. The number of para-hydroxylation sites is 1. The van der Waals surface area contributed by atoms with E-state index in [9.17, 15) is 9.59 Å². The molecule has 0 saturated carbocycles. The number of carbonyl (C=O) groups is 2. The van der Waals surface area contributed by atoms with Crippen LogP contribution in [-0.2, 0) is 11.3 Å². The maximum Gasteiger partial charge on any atom is 0.414 e. The summed E-state index contributed by atoms with van der Waals surface area (Å²) in [6.07, 6.45) is 0.362. The van der Waals surface area contributed by atoms with Crippen LogP contribution in [0.5, 0.6) is 11.5 Å². The first kappa shape index (κ1) is 21.5. The van der Waals surface area contributed by atoms with Crippen molar-refractivity contribution in [2.24, 2.45) is 0 Å². The highest BCUT2D eigenvalue weighted by Gasteiger charge is 2.35. The van der Waals surface area contributed by atoms with Crippen LogP contribution in [0.25, 0.3) is 0 Å². The molecular formula is C24H25N3O5. The number of piperidine rings is 1. The first-order chi connectivity index (χ1) is 15.5. The van der Waals surface area contributed by atoms with Crippen molar-refractivity contribution in [3.63, 3.8) is 0 Å². The molecule has 8 heteroatoms. The molecule has 2 amide bonds. The molecule has 2 heterocycles. The van der Waals surface area contributed by atoms with Crippen molar-refractivity contribution >= 4 is 17.7 Å². The Kier molecular flexibility index (Phi) is 6.17. The number of fused-ring (bicyclic) bond motifs is 1. The third-order valence-corrected chi connectivity index (χ3v) is 5.81. The van der Waals surface area contributed by atoms with Gasteiger partial charge >= 0.3 is 6.09 Å². The average Bonchev–Trinajstić information content (AvgIpc) is 2.83. The molecule has 2 aromatic rings. The van der Waals surface area contributed by atoms with Crippen LogP contribution in [0.15, 0.2) is 42.5 Å². The predicted molar refractivity (Wildman–Crippen MR) is 117 cm³/mol. The molecule has 4 rings (SSSR count). The molecule has 2 aliphatic heterocycles. The number of benzene rings is 2. The van der Waals surface area contributed by atoms with Crippen molar-refractivity contribution in [1.29, 1.82) is 5.26 Å². The quantitative estimate of drug-likeness (QED) is 0.710. The van der Waals surface area contributed by atoms with Crippen LogP contribution in [0.3, 0.4) is 0 Å². The van der Waals surface area contributed by atoms with Gasteiger partial charge in [-0.2, -0.15) is 5.26 Å². The van der Waals surface area contributed by atoms with Gasteiger partial charge in [0.2, 0.25) is 0 Å². The van der Waals surface area contributed by atoms with E-state index in [0.29, 0.717) is 43.0 Å². The highest BCUT2D eigenvalue weighted by Crippen LogP contribution is 2.33. The highest BCUT2D eigenvalue weighted by molar-refractivity contribution is 5.97. The van der Waals surface area contributed by atoms with E-state index in [4.69, 9.17) is 19.5 Å². The van der Waals surface area contributed by atoms with Crippen LogP contribution in [-0.4, -0.2) is 49.2 Å². The second-order valence-electron chi connectivity index (χ2n) is 7.83. The molecule has 0 N–H and O–H groups in total. The summed E-state index contributed by atoms with van der Waals surface area (Å²) >= 11 is 0. The number of amides is 2. The van der Waals surface area contributed by atoms with E-state index in [-0.39, 0.29) is 24.6 Å². The zero-order valence-corrected chi connectivity index (χ0v) is 18.1. The van der Waals surface area contributed by atoms with E-state index in [2.05, 4.69) is 0 Å². The molecule has 2 aliphatic rings. The number of methoxy groups -OCH3 is 1. The summed E-state index contributed by atoms with van der Waals surface area (Å²) in [6, 6.07) is 14.7. The molecule has 1 saturated heterocycles. The minimum Gasteiger partial charge on any atom is -0.496 e. The molecule has 166 valence electrons. The van der Waals surface area contributed by atoms with Crippen molar-refractivity contribution in [1.82, 2.24) is 4.90 Å². The van der Waals surface area contributed by atoms with Crippen LogP contribution in [0.4, 0.5) is 10.5 Å². The van der Waals surface area contributed by atoms with E-state index in [1.54, 1.807) is 34.9 Å². The molecule has 2 aromatic carbocycles. The molecule has 0 aliphatic carbocycles. The maximum absolute atomic E-state index is 13.2.